The van der Waals surface area contributed by atoms with Crippen molar-refractivity contribution >= 4 is 5.69 Å². The number of nitrogens with one attached hydrogen (secondary N) is 1. The summed E-state index contributed by atoms with van der Waals surface area (Å²) in [4.78, 5) is 0. The summed E-state index contributed by atoms with van der Waals surface area (Å²) >= 11 is 0. The van der Waals surface area contributed by atoms with Crippen molar-refractivity contribution in [3.05, 3.63) is 59.2 Å². The standard InChI is InChI=1S/C19H23NO/c1-3-21-19-11-9-18(10-12-19)20-14(2)16-8-7-15-5-4-6-17(15)13-16/h7-14,20H,3-6H2,1-2H3. The maximum Gasteiger partial charge on any atom is 0.119 e. The van der Waals surface area contributed by atoms with Gasteiger partial charge in [-0.25, -0.2) is 0 Å². The molecule has 2 aromatic carbocycles. The lowest BCUT2D eigenvalue weighted by Crippen LogP contribution is -2.07. The quantitative estimate of drug-likeness (QED) is 0.854. The number of hydrogen-bond donors (Lipinski definition) is 1. The van der Waals surface area contributed by atoms with Crippen LogP contribution in [-0.4, -0.2) is 6.61 Å². The van der Waals surface area contributed by atoms with Gasteiger partial charge in [0.2, 0.25) is 0 Å². The van der Waals surface area contributed by atoms with E-state index in [9.17, 15) is 0 Å². The maximum atomic E-state index is 5.47. The molecule has 0 spiro atoms. The predicted molar refractivity (Wildman–Crippen MR) is 88.1 cm³/mol. The summed E-state index contributed by atoms with van der Waals surface area (Å²) in [5.41, 5.74) is 5.57. The van der Waals surface area contributed by atoms with Gasteiger partial charge in [0, 0.05) is 11.7 Å². The molecule has 0 aliphatic heterocycles. The van der Waals surface area contributed by atoms with Crippen LogP contribution in [0.4, 0.5) is 5.69 Å². The van der Waals surface area contributed by atoms with Crippen LogP contribution in [0.2, 0.25) is 0 Å². The number of aryl methyl sites for hydroxylation is 2. The van der Waals surface area contributed by atoms with Gasteiger partial charge in [0.05, 0.1) is 6.61 Å². The number of benzene rings is 2. The van der Waals surface area contributed by atoms with E-state index in [2.05, 4.69) is 42.6 Å². The van der Waals surface area contributed by atoms with Crippen molar-refractivity contribution < 1.29 is 4.74 Å². The van der Waals surface area contributed by atoms with Crippen LogP contribution < -0.4 is 10.1 Å². The normalized spacial score (nSPS) is 14.6. The third kappa shape index (κ3) is 3.21. The number of anilines is 1. The molecule has 0 aromatic heterocycles. The molecule has 1 aliphatic rings. The van der Waals surface area contributed by atoms with Gasteiger partial charge in [0.15, 0.2) is 0 Å². The zero-order valence-electron chi connectivity index (χ0n) is 12.9. The number of rotatable bonds is 5. The van der Waals surface area contributed by atoms with Crippen molar-refractivity contribution in [1.82, 2.24) is 0 Å². The van der Waals surface area contributed by atoms with Gasteiger partial charge in [-0.05, 0) is 74.1 Å². The Kier molecular flexibility index (Phi) is 4.14. The predicted octanol–water partition coefficient (Wildman–Crippen LogP) is 4.75. The van der Waals surface area contributed by atoms with Crippen LogP contribution in [0.1, 0.15) is 43.0 Å². The summed E-state index contributed by atoms with van der Waals surface area (Å²) in [5, 5.41) is 3.56. The minimum Gasteiger partial charge on any atom is -0.494 e. The highest BCUT2D eigenvalue weighted by atomic mass is 16.5. The van der Waals surface area contributed by atoms with E-state index >= 15 is 0 Å². The van der Waals surface area contributed by atoms with Gasteiger partial charge in [0.25, 0.3) is 0 Å². The molecule has 2 nitrogen and oxygen atoms in total. The largest absolute Gasteiger partial charge is 0.494 e. The molecule has 0 fully saturated rings. The first-order valence-corrected chi connectivity index (χ1v) is 7.87. The van der Waals surface area contributed by atoms with E-state index < -0.39 is 0 Å². The Hall–Kier alpha value is -1.96. The summed E-state index contributed by atoms with van der Waals surface area (Å²) in [6, 6.07) is 15.4. The Morgan fingerprint density at radius 1 is 1.05 bits per heavy atom. The minimum atomic E-state index is 0.314. The van der Waals surface area contributed by atoms with Crippen LogP contribution in [0.25, 0.3) is 0 Å². The molecule has 0 saturated carbocycles. The molecule has 0 heterocycles. The molecule has 1 atom stereocenters. The van der Waals surface area contributed by atoms with Crippen molar-refractivity contribution in [3.8, 4) is 5.75 Å². The molecule has 0 bridgehead atoms. The van der Waals surface area contributed by atoms with Crippen LogP contribution in [0.5, 0.6) is 5.75 Å². The summed E-state index contributed by atoms with van der Waals surface area (Å²) < 4.78 is 5.47. The molecule has 0 amide bonds. The molecule has 1 unspecified atom stereocenters. The van der Waals surface area contributed by atoms with E-state index in [1.165, 1.54) is 36.0 Å². The zero-order valence-corrected chi connectivity index (χ0v) is 12.9. The van der Waals surface area contributed by atoms with Gasteiger partial charge in [-0.2, -0.15) is 0 Å². The Morgan fingerprint density at radius 3 is 2.57 bits per heavy atom. The molecule has 0 radical (unpaired) electrons. The van der Waals surface area contributed by atoms with Crippen LogP contribution >= 0.6 is 0 Å². The summed E-state index contributed by atoms with van der Waals surface area (Å²) in [6.07, 6.45) is 3.79. The highest BCUT2D eigenvalue weighted by molar-refractivity contribution is 5.49. The lowest BCUT2D eigenvalue weighted by Gasteiger charge is -2.17. The highest BCUT2D eigenvalue weighted by Crippen LogP contribution is 2.27. The van der Waals surface area contributed by atoms with Crippen LogP contribution in [0, 0.1) is 0 Å². The number of fused-ring (bicyclic) bond motifs is 1. The Labute approximate surface area is 127 Å². The van der Waals surface area contributed by atoms with E-state index in [4.69, 9.17) is 4.74 Å². The molecule has 0 saturated heterocycles. The maximum absolute atomic E-state index is 5.47. The fourth-order valence-corrected chi connectivity index (χ4v) is 3.01. The summed E-state index contributed by atoms with van der Waals surface area (Å²) in [7, 11) is 0. The Bertz CT molecular complexity index is 603. The van der Waals surface area contributed by atoms with Crippen molar-refractivity contribution in [2.75, 3.05) is 11.9 Å². The van der Waals surface area contributed by atoms with E-state index in [1.807, 2.05) is 19.1 Å². The highest BCUT2D eigenvalue weighted by Gasteiger charge is 2.13. The zero-order chi connectivity index (χ0) is 14.7. The monoisotopic (exact) mass is 281 g/mol. The molecular formula is C19H23NO. The lowest BCUT2D eigenvalue weighted by molar-refractivity contribution is 0.340. The van der Waals surface area contributed by atoms with Crippen LogP contribution in [-0.2, 0) is 12.8 Å². The molecule has 1 N–H and O–H groups in total. The van der Waals surface area contributed by atoms with Gasteiger partial charge < -0.3 is 10.1 Å². The van der Waals surface area contributed by atoms with Gasteiger partial charge in [-0.3, -0.25) is 0 Å². The van der Waals surface area contributed by atoms with Gasteiger partial charge >= 0.3 is 0 Å². The SMILES string of the molecule is CCOc1ccc(NC(C)c2ccc3c(c2)CCC3)cc1. The van der Waals surface area contributed by atoms with Crippen molar-refractivity contribution in [3.63, 3.8) is 0 Å². The van der Waals surface area contributed by atoms with Crippen molar-refractivity contribution in [1.29, 1.82) is 0 Å². The third-order valence-electron chi connectivity index (χ3n) is 4.17. The Balaban J connectivity index is 1.69. The van der Waals surface area contributed by atoms with Gasteiger partial charge in [0.1, 0.15) is 5.75 Å². The fourth-order valence-electron chi connectivity index (χ4n) is 3.01. The third-order valence-corrected chi connectivity index (χ3v) is 4.17. The second-order valence-corrected chi connectivity index (χ2v) is 5.71. The summed E-state index contributed by atoms with van der Waals surface area (Å²) in [6.45, 7) is 4.92. The van der Waals surface area contributed by atoms with E-state index in [0.29, 0.717) is 12.6 Å². The fraction of sp³-hybridized carbons (Fsp3) is 0.368. The first kappa shape index (κ1) is 14.0. The first-order valence-electron chi connectivity index (χ1n) is 7.87. The molecule has 21 heavy (non-hydrogen) atoms. The van der Waals surface area contributed by atoms with E-state index in [-0.39, 0.29) is 0 Å². The lowest BCUT2D eigenvalue weighted by atomic mass is 10.0. The molecule has 2 heteroatoms. The average Bonchev–Trinajstić information content (AvgIpc) is 2.97. The van der Waals surface area contributed by atoms with Crippen molar-refractivity contribution in [2.45, 2.75) is 39.2 Å². The smallest absolute Gasteiger partial charge is 0.119 e. The molecular weight excluding hydrogens is 258 g/mol. The molecule has 1 aliphatic carbocycles. The van der Waals surface area contributed by atoms with Crippen LogP contribution in [0.3, 0.4) is 0 Å². The van der Waals surface area contributed by atoms with E-state index in [0.717, 1.165) is 11.4 Å². The molecule has 3 rings (SSSR count). The molecule has 110 valence electrons. The number of hydrogen-bond acceptors (Lipinski definition) is 2. The second kappa shape index (κ2) is 6.21. The van der Waals surface area contributed by atoms with E-state index in [1.54, 1.807) is 0 Å². The summed E-state index contributed by atoms with van der Waals surface area (Å²) in [5.74, 6) is 0.924. The van der Waals surface area contributed by atoms with Gasteiger partial charge in [-0.1, -0.05) is 18.2 Å². The molecule has 2 aromatic rings. The van der Waals surface area contributed by atoms with Gasteiger partial charge in [-0.15, -0.1) is 0 Å². The second-order valence-electron chi connectivity index (χ2n) is 5.71. The Morgan fingerprint density at radius 2 is 1.81 bits per heavy atom. The minimum absolute atomic E-state index is 0.314. The van der Waals surface area contributed by atoms with Crippen LogP contribution in [0.15, 0.2) is 42.5 Å². The van der Waals surface area contributed by atoms with Crippen molar-refractivity contribution in [2.24, 2.45) is 0 Å². The topological polar surface area (TPSA) is 21.3 Å². The number of ether oxygens (including phenoxy) is 1. The first-order chi connectivity index (χ1) is 10.3. The average molecular weight is 281 g/mol.